The van der Waals surface area contributed by atoms with Crippen molar-refractivity contribution in [3.63, 3.8) is 0 Å². The molecule has 8 heteroatoms. The molecular weight excluding hydrogens is 488 g/mol. The molecule has 1 saturated heterocycles. The zero-order chi connectivity index (χ0) is 26.6. The number of carboxylic acids is 1. The molecule has 6 nitrogen and oxygen atoms in total. The minimum Gasteiger partial charge on any atom is -0.488 e. The minimum atomic E-state index is -0.777. The Kier molecular flexibility index (Phi) is 7.31. The third-order valence-corrected chi connectivity index (χ3v) is 6.89. The molecule has 0 spiro atoms. The lowest BCUT2D eigenvalue weighted by atomic mass is 9.97. The maximum absolute atomic E-state index is 14.3. The number of halogens is 2. The molecule has 1 fully saturated rings. The Morgan fingerprint density at radius 3 is 2.39 bits per heavy atom. The van der Waals surface area contributed by atoms with Gasteiger partial charge in [-0.1, -0.05) is 30.3 Å². The van der Waals surface area contributed by atoms with Gasteiger partial charge in [0.25, 0.3) is 0 Å². The summed E-state index contributed by atoms with van der Waals surface area (Å²) in [4.78, 5) is 22.2. The molecule has 3 aromatic carbocycles. The van der Waals surface area contributed by atoms with Gasteiger partial charge in [0.1, 0.15) is 24.0 Å². The van der Waals surface area contributed by atoms with E-state index in [0.29, 0.717) is 48.9 Å². The average Bonchev–Trinajstić information content (AvgIpc) is 2.93. The Labute approximate surface area is 219 Å². The molecule has 194 valence electrons. The van der Waals surface area contributed by atoms with Gasteiger partial charge in [-0.15, -0.1) is 0 Å². The van der Waals surface area contributed by atoms with Crippen LogP contribution in [0.25, 0.3) is 22.4 Å². The summed E-state index contributed by atoms with van der Waals surface area (Å²) in [6, 6.07) is 18.4. The summed E-state index contributed by atoms with van der Waals surface area (Å²) in [7, 11) is 0. The van der Waals surface area contributed by atoms with Crippen molar-refractivity contribution in [3.05, 3.63) is 95.7 Å². The topological polar surface area (TPSA) is 75.5 Å². The molecular formula is C30H27F2N3O3. The summed E-state index contributed by atoms with van der Waals surface area (Å²) in [5.41, 5.74) is 4.92. The number of nitrogens with zero attached hydrogens (tertiary/aromatic N) is 3. The van der Waals surface area contributed by atoms with E-state index in [9.17, 15) is 18.7 Å². The summed E-state index contributed by atoms with van der Waals surface area (Å²) in [5.74, 6) is -0.845. The molecule has 1 N–H and O–H groups in total. The number of aliphatic carboxylic acids is 1. The second-order valence-electron chi connectivity index (χ2n) is 9.42. The molecule has 0 radical (unpaired) electrons. The molecule has 1 aliphatic heterocycles. The molecule has 0 amide bonds. The van der Waals surface area contributed by atoms with Gasteiger partial charge in [0, 0.05) is 24.8 Å². The summed E-state index contributed by atoms with van der Waals surface area (Å²) < 4.78 is 33.7. The van der Waals surface area contributed by atoms with E-state index < -0.39 is 11.8 Å². The van der Waals surface area contributed by atoms with Crippen molar-refractivity contribution in [2.24, 2.45) is 5.92 Å². The third-order valence-electron chi connectivity index (χ3n) is 6.89. The van der Waals surface area contributed by atoms with E-state index >= 15 is 0 Å². The van der Waals surface area contributed by atoms with Gasteiger partial charge >= 0.3 is 5.97 Å². The Morgan fingerprint density at radius 1 is 0.974 bits per heavy atom. The van der Waals surface area contributed by atoms with Crippen LogP contribution in [-0.2, 0) is 11.4 Å². The Hall–Kier alpha value is -4.33. The number of piperidine rings is 1. The first kappa shape index (κ1) is 25.3. The Morgan fingerprint density at radius 2 is 1.68 bits per heavy atom. The van der Waals surface area contributed by atoms with Crippen LogP contribution in [0.5, 0.6) is 5.75 Å². The monoisotopic (exact) mass is 515 g/mol. The van der Waals surface area contributed by atoms with Crippen molar-refractivity contribution in [2.45, 2.75) is 26.4 Å². The minimum absolute atomic E-state index is 0.273. The van der Waals surface area contributed by atoms with Gasteiger partial charge in [-0.2, -0.15) is 0 Å². The van der Waals surface area contributed by atoms with Gasteiger partial charge in [0.15, 0.2) is 0 Å². The van der Waals surface area contributed by atoms with Gasteiger partial charge < -0.3 is 14.7 Å². The first-order valence-corrected chi connectivity index (χ1v) is 12.5. The number of anilines is 1. The number of aryl methyl sites for hydroxylation is 1. The molecule has 1 aliphatic rings. The number of carboxylic acid groups (broad SMARTS) is 1. The average molecular weight is 516 g/mol. The molecule has 0 atom stereocenters. The van der Waals surface area contributed by atoms with E-state index in [1.54, 1.807) is 30.5 Å². The number of rotatable bonds is 7. The fraction of sp³-hybridized carbons (Fsp3) is 0.233. The molecule has 0 saturated carbocycles. The number of ether oxygens (including phenoxy) is 1. The number of aromatic nitrogens is 2. The highest BCUT2D eigenvalue weighted by Crippen LogP contribution is 2.32. The SMILES string of the molecule is Cc1cc(-c2ccc(F)cc2)ccc1COc1ccc(F)cc1-c1ccnc(N2CCC(C(=O)O)CC2)n1. The van der Waals surface area contributed by atoms with Crippen molar-refractivity contribution >= 4 is 11.9 Å². The molecule has 4 aromatic rings. The van der Waals surface area contributed by atoms with Crippen LogP contribution in [0.4, 0.5) is 14.7 Å². The van der Waals surface area contributed by atoms with Crippen molar-refractivity contribution < 1.29 is 23.4 Å². The Bertz CT molecular complexity index is 1450. The van der Waals surface area contributed by atoms with Crippen LogP contribution in [0, 0.1) is 24.5 Å². The number of benzene rings is 3. The normalized spacial score (nSPS) is 13.9. The van der Waals surface area contributed by atoms with Crippen molar-refractivity contribution in [2.75, 3.05) is 18.0 Å². The Balaban J connectivity index is 1.34. The first-order chi connectivity index (χ1) is 18.4. The highest BCUT2D eigenvalue weighted by atomic mass is 19.1. The van der Waals surface area contributed by atoms with Crippen LogP contribution in [-0.4, -0.2) is 34.1 Å². The number of hydrogen-bond acceptors (Lipinski definition) is 5. The van der Waals surface area contributed by atoms with Crippen LogP contribution < -0.4 is 9.64 Å². The smallest absolute Gasteiger partial charge is 0.306 e. The van der Waals surface area contributed by atoms with E-state index in [2.05, 4.69) is 9.97 Å². The zero-order valence-electron chi connectivity index (χ0n) is 20.9. The fourth-order valence-corrected chi connectivity index (χ4v) is 4.64. The van der Waals surface area contributed by atoms with E-state index in [1.807, 2.05) is 30.0 Å². The maximum Gasteiger partial charge on any atom is 0.306 e. The van der Waals surface area contributed by atoms with Crippen molar-refractivity contribution in [1.82, 2.24) is 9.97 Å². The second-order valence-corrected chi connectivity index (χ2v) is 9.42. The summed E-state index contributed by atoms with van der Waals surface area (Å²) in [5, 5.41) is 9.26. The largest absolute Gasteiger partial charge is 0.488 e. The lowest BCUT2D eigenvalue weighted by Gasteiger charge is -2.30. The van der Waals surface area contributed by atoms with Gasteiger partial charge in [-0.05, 0) is 78.4 Å². The standard InChI is InChI=1S/C30H27F2N3O3/c1-19-16-22(20-4-6-24(31)7-5-20)2-3-23(19)18-38-28-9-8-25(32)17-26(28)27-10-13-33-30(34-27)35-14-11-21(12-15-35)29(36)37/h2-10,13,16-17,21H,11-12,14-15,18H2,1H3,(H,36,37). The molecule has 0 unspecified atom stereocenters. The van der Waals surface area contributed by atoms with E-state index in [4.69, 9.17) is 4.74 Å². The lowest BCUT2D eigenvalue weighted by Crippen LogP contribution is -2.37. The van der Waals surface area contributed by atoms with Gasteiger partial charge in [0.05, 0.1) is 11.6 Å². The molecule has 38 heavy (non-hydrogen) atoms. The number of hydrogen-bond donors (Lipinski definition) is 1. The lowest BCUT2D eigenvalue weighted by molar-refractivity contribution is -0.142. The van der Waals surface area contributed by atoms with Crippen LogP contribution in [0.1, 0.15) is 24.0 Å². The van der Waals surface area contributed by atoms with Gasteiger partial charge in [0.2, 0.25) is 5.95 Å². The quantitative estimate of drug-likeness (QED) is 0.312. The van der Waals surface area contributed by atoms with Crippen molar-refractivity contribution in [1.29, 1.82) is 0 Å². The highest BCUT2D eigenvalue weighted by molar-refractivity contribution is 5.71. The summed E-state index contributed by atoms with van der Waals surface area (Å²) in [6.07, 6.45) is 2.67. The molecule has 2 heterocycles. The zero-order valence-corrected chi connectivity index (χ0v) is 20.9. The van der Waals surface area contributed by atoms with E-state index in [-0.39, 0.29) is 18.3 Å². The predicted molar refractivity (Wildman–Crippen MR) is 141 cm³/mol. The fourth-order valence-electron chi connectivity index (χ4n) is 4.64. The van der Waals surface area contributed by atoms with Crippen LogP contribution in [0.15, 0.2) is 72.9 Å². The summed E-state index contributed by atoms with van der Waals surface area (Å²) in [6.45, 7) is 3.34. The highest BCUT2D eigenvalue weighted by Gasteiger charge is 2.26. The summed E-state index contributed by atoms with van der Waals surface area (Å²) >= 11 is 0. The van der Waals surface area contributed by atoms with Crippen molar-refractivity contribution in [3.8, 4) is 28.1 Å². The van der Waals surface area contributed by atoms with Gasteiger partial charge in [-0.3, -0.25) is 4.79 Å². The maximum atomic E-state index is 14.3. The first-order valence-electron chi connectivity index (χ1n) is 12.5. The van der Waals surface area contributed by atoms with E-state index in [1.165, 1.54) is 24.3 Å². The molecule has 0 aliphatic carbocycles. The van der Waals surface area contributed by atoms with E-state index in [0.717, 1.165) is 22.3 Å². The molecule has 0 bridgehead atoms. The molecule has 5 rings (SSSR count). The van der Waals surface area contributed by atoms with Crippen LogP contribution >= 0.6 is 0 Å². The number of carbonyl (C=O) groups is 1. The van der Waals surface area contributed by atoms with Gasteiger partial charge in [-0.25, -0.2) is 18.7 Å². The second kappa shape index (κ2) is 11.0. The molecule has 1 aromatic heterocycles. The third kappa shape index (κ3) is 5.64. The predicted octanol–water partition coefficient (Wildman–Crippen LogP) is 6.28. The van der Waals surface area contributed by atoms with Crippen LogP contribution in [0.3, 0.4) is 0 Å². The van der Waals surface area contributed by atoms with Crippen LogP contribution in [0.2, 0.25) is 0 Å².